The predicted molar refractivity (Wildman–Crippen MR) is 170 cm³/mol. The van der Waals surface area contributed by atoms with Crippen LogP contribution in [0.1, 0.15) is 77.1 Å². The van der Waals surface area contributed by atoms with Gasteiger partial charge in [0.1, 0.15) is 17.2 Å². The van der Waals surface area contributed by atoms with E-state index in [9.17, 15) is 19.5 Å². The number of ether oxygens (including phenoxy) is 1. The SMILES string of the molecule is COc1ccc(-c2ccc(C(=O)NC3(CC(C)C)CCN(C(C)=N)CC3)nc2C(=O)O)c(C(=O)Nc2ccc(C(=N)N)cc2)n1. The number of piperidine rings is 1. The molecule has 0 atom stereocenters. The maximum Gasteiger partial charge on any atom is 0.355 e. The van der Waals surface area contributed by atoms with Crippen LogP contribution in [0.3, 0.4) is 0 Å². The molecule has 7 N–H and O–H groups in total. The molecule has 0 aliphatic carbocycles. The Balaban J connectivity index is 1.66. The van der Waals surface area contributed by atoms with E-state index in [1.54, 1.807) is 31.2 Å². The molecule has 45 heavy (non-hydrogen) atoms. The second-order valence-electron chi connectivity index (χ2n) is 11.5. The first kappa shape index (κ1) is 32.6. The topological polar surface area (TPSA) is 207 Å². The zero-order chi connectivity index (χ0) is 32.9. The Morgan fingerprint density at radius 3 is 2.16 bits per heavy atom. The molecule has 13 nitrogen and oxygen atoms in total. The molecule has 4 rings (SSSR count). The molecule has 0 saturated carbocycles. The number of carbonyl (C=O) groups excluding carboxylic acids is 2. The number of amides is 2. The van der Waals surface area contributed by atoms with Gasteiger partial charge in [-0.3, -0.25) is 20.4 Å². The molecular weight excluding hydrogens is 576 g/mol. The zero-order valence-corrected chi connectivity index (χ0v) is 25.7. The number of hydrogen-bond acceptors (Lipinski definition) is 8. The largest absolute Gasteiger partial charge is 0.481 e. The summed E-state index contributed by atoms with van der Waals surface area (Å²) in [7, 11) is 1.39. The summed E-state index contributed by atoms with van der Waals surface area (Å²) in [6, 6.07) is 12.2. The monoisotopic (exact) mass is 614 g/mol. The number of aromatic carboxylic acids is 1. The Hall–Kier alpha value is -5.33. The summed E-state index contributed by atoms with van der Waals surface area (Å²) in [5.74, 6) is -1.72. The fraction of sp³-hybridized carbons (Fsp3) is 0.344. The molecule has 1 saturated heterocycles. The van der Waals surface area contributed by atoms with Gasteiger partial charge in [0, 0.05) is 47.1 Å². The maximum atomic E-state index is 13.5. The summed E-state index contributed by atoms with van der Waals surface area (Å²) in [4.78, 5) is 49.9. The Kier molecular flexibility index (Phi) is 9.80. The van der Waals surface area contributed by atoms with Crippen molar-refractivity contribution in [3.05, 3.63) is 71.2 Å². The number of pyridine rings is 2. The molecule has 3 aromatic rings. The molecule has 13 heteroatoms. The fourth-order valence-corrected chi connectivity index (χ4v) is 5.57. The van der Waals surface area contributed by atoms with Gasteiger partial charge < -0.3 is 31.1 Å². The van der Waals surface area contributed by atoms with E-state index >= 15 is 0 Å². The van der Waals surface area contributed by atoms with Gasteiger partial charge in [-0.25, -0.2) is 14.8 Å². The Bertz CT molecular complexity index is 1630. The number of nitrogens with two attached hydrogens (primary N) is 1. The molecular formula is C32H38N8O5. The quantitative estimate of drug-likeness (QED) is 0.144. The lowest BCUT2D eigenvalue weighted by Gasteiger charge is -2.43. The summed E-state index contributed by atoms with van der Waals surface area (Å²) in [6.45, 7) is 7.16. The predicted octanol–water partition coefficient (Wildman–Crippen LogP) is 3.99. The highest BCUT2D eigenvalue weighted by Gasteiger charge is 2.37. The van der Waals surface area contributed by atoms with Gasteiger partial charge in [-0.2, -0.15) is 0 Å². The van der Waals surface area contributed by atoms with E-state index < -0.39 is 29.0 Å². The van der Waals surface area contributed by atoms with Crippen molar-refractivity contribution in [1.29, 1.82) is 10.8 Å². The summed E-state index contributed by atoms with van der Waals surface area (Å²) in [5, 5.41) is 31.5. The molecule has 1 aliphatic heterocycles. The number of aromatic nitrogens is 2. The van der Waals surface area contributed by atoms with Gasteiger partial charge in [-0.15, -0.1) is 0 Å². The third-order valence-electron chi connectivity index (χ3n) is 7.74. The van der Waals surface area contributed by atoms with Crippen LogP contribution in [0.4, 0.5) is 5.69 Å². The van der Waals surface area contributed by atoms with Crippen molar-refractivity contribution in [3.63, 3.8) is 0 Å². The molecule has 1 fully saturated rings. The van der Waals surface area contributed by atoms with Crippen LogP contribution in [0, 0.1) is 16.7 Å². The summed E-state index contributed by atoms with van der Waals surface area (Å²) in [6.07, 6.45) is 2.01. The van der Waals surface area contributed by atoms with Gasteiger partial charge in [-0.1, -0.05) is 13.8 Å². The number of carboxylic acid groups (broad SMARTS) is 1. The smallest absolute Gasteiger partial charge is 0.355 e. The minimum absolute atomic E-state index is 0.0667. The number of likely N-dealkylation sites (tertiary alicyclic amines) is 1. The van der Waals surface area contributed by atoms with Gasteiger partial charge in [0.25, 0.3) is 11.8 Å². The number of carbonyl (C=O) groups is 3. The van der Waals surface area contributed by atoms with Crippen LogP contribution >= 0.6 is 0 Å². The molecule has 236 valence electrons. The van der Waals surface area contributed by atoms with Crippen molar-refractivity contribution in [2.75, 3.05) is 25.5 Å². The third kappa shape index (κ3) is 7.61. The van der Waals surface area contributed by atoms with Gasteiger partial charge in [0.05, 0.1) is 12.9 Å². The van der Waals surface area contributed by atoms with E-state index in [4.69, 9.17) is 21.3 Å². The lowest BCUT2D eigenvalue weighted by molar-refractivity contribution is 0.0691. The number of anilines is 1. The number of methoxy groups -OCH3 is 1. The molecule has 1 aromatic carbocycles. The number of rotatable bonds is 10. The van der Waals surface area contributed by atoms with Crippen molar-refractivity contribution >= 4 is 35.1 Å². The van der Waals surface area contributed by atoms with E-state index in [1.165, 1.54) is 31.4 Å². The van der Waals surface area contributed by atoms with E-state index in [1.807, 2.05) is 4.90 Å². The van der Waals surface area contributed by atoms with E-state index in [0.717, 1.165) is 6.42 Å². The number of nitrogen functional groups attached to an aromatic ring is 1. The van der Waals surface area contributed by atoms with Crippen molar-refractivity contribution < 1.29 is 24.2 Å². The maximum absolute atomic E-state index is 13.5. The van der Waals surface area contributed by atoms with Crippen LogP contribution in [0.2, 0.25) is 0 Å². The van der Waals surface area contributed by atoms with Gasteiger partial charge >= 0.3 is 5.97 Å². The fourth-order valence-electron chi connectivity index (χ4n) is 5.57. The molecule has 0 spiro atoms. The van der Waals surface area contributed by atoms with Crippen molar-refractivity contribution in [1.82, 2.24) is 20.2 Å². The standard InChI is InChI=1S/C32H38N8O5/c1-18(2)17-32(13-15-40(16-14-32)19(3)33)39-29(41)24-11-9-23(27(37-24)31(43)44)22-10-12-25(45-4)38-26(22)30(42)36-21-7-5-20(6-8-21)28(34)35/h5-12,18,33H,13-17H2,1-4H3,(H3,34,35)(H,36,42)(H,39,41)(H,43,44). The summed E-state index contributed by atoms with van der Waals surface area (Å²) in [5.41, 5.74) is 5.55. The van der Waals surface area contributed by atoms with Crippen molar-refractivity contribution in [3.8, 4) is 17.0 Å². The van der Waals surface area contributed by atoms with Crippen LogP contribution in [0.15, 0.2) is 48.5 Å². The summed E-state index contributed by atoms with van der Waals surface area (Å²) < 4.78 is 5.22. The van der Waals surface area contributed by atoms with Crippen LogP contribution in [-0.2, 0) is 0 Å². The number of nitrogens with one attached hydrogen (secondary N) is 4. The molecule has 1 aliphatic rings. The number of nitrogens with zero attached hydrogens (tertiary/aromatic N) is 3. The number of hydrogen-bond donors (Lipinski definition) is 6. The average molecular weight is 615 g/mol. The molecule has 0 unspecified atom stereocenters. The molecule has 3 heterocycles. The molecule has 0 radical (unpaired) electrons. The lowest BCUT2D eigenvalue weighted by Crippen LogP contribution is -2.56. The zero-order valence-electron chi connectivity index (χ0n) is 25.7. The van der Waals surface area contributed by atoms with Crippen LogP contribution in [0.25, 0.3) is 11.1 Å². The van der Waals surface area contributed by atoms with E-state index in [2.05, 4.69) is 34.4 Å². The molecule has 2 aromatic heterocycles. The first-order valence-electron chi connectivity index (χ1n) is 14.5. The number of carboxylic acids is 1. The number of benzene rings is 1. The van der Waals surface area contributed by atoms with Gasteiger partial charge in [0.15, 0.2) is 5.69 Å². The lowest BCUT2D eigenvalue weighted by atomic mass is 9.80. The second-order valence-corrected chi connectivity index (χ2v) is 11.5. The minimum Gasteiger partial charge on any atom is -0.481 e. The van der Waals surface area contributed by atoms with Gasteiger partial charge in [0.2, 0.25) is 5.88 Å². The first-order valence-corrected chi connectivity index (χ1v) is 14.5. The molecule has 0 bridgehead atoms. The summed E-state index contributed by atoms with van der Waals surface area (Å²) >= 11 is 0. The molecule has 2 amide bonds. The minimum atomic E-state index is -1.38. The van der Waals surface area contributed by atoms with Crippen LogP contribution in [-0.4, -0.2) is 75.2 Å². The Morgan fingerprint density at radius 2 is 1.60 bits per heavy atom. The van der Waals surface area contributed by atoms with Crippen molar-refractivity contribution in [2.45, 2.75) is 45.6 Å². The van der Waals surface area contributed by atoms with E-state index in [0.29, 0.717) is 48.9 Å². The highest BCUT2D eigenvalue weighted by atomic mass is 16.5. The van der Waals surface area contributed by atoms with Crippen molar-refractivity contribution in [2.24, 2.45) is 11.7 Å². The van der Waals surface area contributed by atoms with Gasteiger partial charge in [-0.05, 0) is 74.6 Å². The highest BCUT2D eigenvalue weighted by Crippen LogP contribution is 2.31. The Labute approximate surface area is 261 Å². The Morgan fingerprint density at radius 1 is 0.978 bits per heavy atom. The average Bonchev–Trinajstić information content (AvgIpc) is 3.00. The van der Waals surface area contributed by atoms with Crippen LogP contribution in [0.5, 0.6) is 5.88 Å². The third-order valence-corrected chi connectivity index (χ3v) is 7.74. The number of amidine groups is 2. The normalized spacial score (nSPS) is 14.0. The second kappa shape index (κ2) is 13.5. The van der Waals surface area contributed by atoms with Crippen LogP contribution < -0.4 is 21.1 Å². The highest BCUT2D eigenvalue weighted by molar-refractivity contribution is 6.09. The first-order chi connectivity index (χ1) is 21.3. The van der Waals surface area contributed by atoms with E-state index in [-0.39, 0.29) is 34.2 Å².